The summed E-state index contributed by atoms with van der Waals surface area (Å²) in [5.74, 6) is 1.72. The second kappa shape index (κ2) is 11.2. The lowest BCUT2D eigenvalue weighted by atomic mass is 10.2. The first-order chi connectivity index (χ1) is 7.72. The molecule has 2 N–H and O–H groups in total. The molecule has 1 atom stereocenters. The van der Waals surface area contributed by atoms with Crippen molar-refractivity contribution in [1.29, 1.82) is 0 Å². The highest BCUT2D eigenvalue weighted by Gasteiger charge is 2.13. The number of unbranched alkanes of at least 4 members (excludes halogenated alkanes) is 1. The molecule has 1 unspecified atom stereocenters. The lowest BCUT2D eigenvalue weighted by molar-refractivity contribution is -0.144. The van der Waals surface area contributed by atoms with E-state index in [9.17, 15) is 4.79 Å². The van der Waals surface area contributed by atoms with Crippen LogP contribution in [0.4, 0.5) is 0 Å². The van der Waals surface area contributed by atoms with Gasteiger partial charge in [-0.15, -0.1) is 0 Å². The van der Waals surface area contributed by atoms with Gasteiger partial charge in [-0.05, 0) is 37.7 Å². The molecule has 5 heteroatoms. The fourth-order valence-corrected chi connectivity index (χ4v) is 2.16. The number of hydrogen-bond donors (Lipinski definition) is 1. The third-order valence-electron chi connectivity index (χ3n) is 2.05. The van der Waals surface area contributed by atoms with E-state index in [2.05, 4.69) is 0 Å². The van der Waals surface area contributed by atoms with E-state index in [0.29, 0.717) is 13.0 Å². The Balaban J connectivity index is 3.27. The Hall–Kier alpha value is -0.260. The fraction of sp³-hybridized carbons (Fsp3) is 0.909. The quantitative estimate of drug-likeness (QED) is 0.469. The predicted octanol–water partition coefficient (Wildman–Crippen LogP) is 1.43. The Morgan fingerprint density at radius 3 is 2.75 bits per heavy atom. The van der Waals surface area contributed by atoms with Gasteiger partial charge in [0.1, 0.15) is 6.04 Å². The Bertz CT molecular complexity index is 179. The van der Waals surface area contributed by atoms with E-state index >= 15 is 0 Å². The Morgan fingerprint density at radius 1 is 1.38 bits per heavy atom. The minimum Gasteiger partial charge on any atom is -0.465 e. The zero-order valence-electron chi connectivity index (χ0n) is 10.2. The van der Waals surface area contributed by atoms with Gasteiger partial charge in [0.25, 0.3) is 0 Å². The predicted molar refractivity (Wildman–Crippen MR) is 67.7 cm³/mol. The van der Waals surface area contributed by atoms with Crippen LogP contribution < -0.4 is 5.73 Å². The van der Waals surface area contributed by atoms with E-state index in [1.165, 1.54) is 0 Å². The van der Waals surface area contributed by atoms with Crippen molar-refractivity contribution in [1.82, 2.24) is 0 Å². The van der Waals surface area contributed by atoms with Gasteiger partial charge in [-0.3, -0.25) is 4.79 Å². The maximum Gasteiger partial charge on any atom is 0.322 e. The summed E-state index contributed by atoms with van der Waals surface area (Å²) in [7, 11) is 1.71. The van der Waals surface area contributed by atoms with Crippen LogP contribution in [0.3, 0.4) is 0 Å². The van der Waals surface area contributed by atoms with Crippen LogP contribution in [-0.2, 0) is 14.3 Å². The van der Waals surface area contributed by atoms with Crippen LogP contribution in [0.25, 0.3) is 0 Å². The largest absolute Gasteiger partial charge is 0.465 e. The molecule has 4 nitrogen and oxygen atoms in total. The highest BCUT2D eigenvalue weighted by atomic mass is 32.2. The second-order valence-electron chi connectivity index (χ2n) is 3.46. The van der Waals surface area contributed by atoms with E-state index in [0.717, 1.165) is 31.0 Å². The summed E-state index contributed by atoms with van der Waals surface area (Å²) in [5, 5.41) is 0. The molecule has 0 saturated carbocycles. The molecule has 0 aromatic heterocycles. The maximum absolute atomic E-state index is 11.2. The molecular formula is C11H23NO3S. The van der Waals surface area contributed by atoms with Gasteiger partial charge in [-0.25, -0.2) is 0 Å². The van der Waals surface area contributed by atoms with E-state index in [1.807, 2.05) is 11.8 Å². The van der Waals surface area contributed by atoms with Gasteiger partial charge in [-0.1, -0.05) is 0 Å². The second-order valence-corrected chi connectivity index (χ2v) is 4.68. The van der Waals surface area contributed by atoms with Gasteiger partial charge in [0.15, 0.2) is 0 Å². The van der Waals surface area contributed by atoms with Crippen LogP contribution in [-0.4, -0.2) is 43.8 Å². The number of ether oxygens (including phenoxy) is 2. The Labute approximate surface area is 102 Å². The SMILES string of the molecule is CCOC(=O)C(N)CCSCCCCOC. The minimum atomic E-state index is -0.466. The first-order valence-corrected chi connectivity index (χ1v) is 6.86. The first-order valence-electron chi connectivity index (χ1n) is 5.71. The van der Waals surface area contributed by atoms with Crippen molar-refractivity contribution in [2.24, 2.45) is 5.73 Å². The first kappa shape index (κ1) is 15.7. The van der Waals surface area contributed by atoms with Gasteiger partial charge in [0.05, 0.1) is 6.61 Å². The minimum absolute atomic E-state index is 0.289. The topological polar surface area (TPSA) is 61.5 Å². The van der Waals surface area contributed by atoms with E-state index in [-0.39, 0.29) is 5.97 Å². The molecule has 0 bridgehead atoms. The Kier molecular flexibility index (Phi) is 11.0. The van der Waals surface area contributed by atoms with Crippen molar-refractivity contribution in [3.05, 3.63) is 0 Å². The third-order valence-corrected chi connectivity index (χ3v) is 3.15. The number of thioether (sulfide) groups is 1. The van der Waals surface area contributed by atoms with Crippen LogP contribution in [0.5, 0.6) is 0 Å². The van der Waals surface area contributed by atoms with Gasteiger partial charge in [0.2, 0.25) is 0 Å². The summed E-state index contributed by atoms with van der Waals surface area (Å²) >= 11 is 1.82. The number of hydrogen-bond acceptors (Lipinski definition) is 5. The third kappa shape index (κ3) is 9.00. The molecular weight excluding hydrogens is 226 g/mol. The van der Waals surface area contributed by atoms with Gasteiger partial charge >= 0.3 is 5.97 Å². The van der Waals surface area contributed by atoms with Crippen molar-refractivity contribution >= 4 is 17.7 Å². The van der Waals surface area contributed by atoms with Crippen molar-refractivity contribution in [2.45, 2.75) is 32.2 Å². The number of carbonyl (C=O) groups is 1. The average molecular weight is 249 g/mol. The lowest BCUT2D eigenvalue weighted by Gasteiger charge is -2.09. The Morgan fingerprint density at radius 2 is 2.12 bits per heavy atom. The van der Waals surface area contributed by atoms with Crippen molar-refractivity contribution in [2.75, 3.05) is 31.8 Å². The molecule has 0 aromatic rings. The molecule has 0 spiro atoms. The van der Waals surface area contributed by atoms with Crippen LogP contribution in [0.1, 0.15) is 26.2 Å². The molecule has 0 aliphatic rings. The highest BCUT2D eigenvalue weighted by Crippen LogP contribution is 2.08. The molecule has 0 fully saturated rings. The average Bonchev–Trinajstić information content (AvgIpc) is 2.28. The molecule has 0 heterocycles. The van der Waals surface area contributed by atoms with Gasteiger partial charge in [-0.2, -0.15) is 11.8 Å². The number of nitrogens with two attached hydrogens (primary N) is 1. The highest BCUT2D eigenvalue weighted by molar-refractivity contribution is 7.99. The molecule has 0 aliphatic heterocycles. The lowest BCUT2D eigenvalue weighted by Crippen LogP contribution is -2.32. The van der Waals surface area contributed by atoms with E-state index < -0.39 is 6.04 Å². The summed E-state index contributed by atoms with van der Waals surface area (Å²) in [5.41, 5.74) is 5.66. The normalized spacial score (nSPS) is 12.4. The molecule has 16 heavy (non-hydrogen) atoms. The summed E-state index contributed by atoms with van der Waals surface area (Å²) in [6.45, 7) is 3.01. The van der Waals surface area contributed by atoms with E-state index in [4.69, 9.17) is 15.2 Å². The zero-order chi connectivity index (χ0) is 12.2. The van der Waals surface area contributed by atoms with Crippen LogP contribution in [0.2, 0.25) is 0 Å². The summed E-state index contributed by atoms with van der Waals surface area (Å²) in [6, 6.07) is -0.466. The van der Waals surface area contributed by atoms with Gasteiger partial charge in [0, 0.05) is 13.7 Å². The number of carbonyl (C=O) groups excluding carboxylic acids is 1. The number of methoxy groups -OCH3 is 1. The molecule has 0 aromatic carbocycles. The van der Waals surface area contributed by atoms with E-state index in [1.54, 1.807) is 14.0 Å². The molecule has 0 rings (SSSR count). The summed E-state index contributed by atoms with van der Waals surface area (Å²) in [4.78, 5) is 11.2. The molecule has 0 aliphatic carbocycles. The molecule has 0 amide bonds. The fourth-order valence-electron chi connectivity index (χ4n) is 1.13. The van der Waals surface area contributed by atoms with Crippen LogP contribution in [0, 0.1) is 0 Å². The van der Waals surface area contributed by atoms with Crippen molar-refractivity contribution in [3.8, 4) is 0 Å². The maximum atomic E-state index is 11.2. The van der Waals surface area contributed by atoms with Gasteiger partial charge < -0.3 is 15.2 Å². The zero-order valence-corrected chi connectivity index (χ0v) is 11.1. The summed E-state index contributed by atoms with van der Waals surface area (Å²) < 4.78 is 9.78. The van der Waals surface area contributed by atoms with Crippen molar-refractivity contribution in [3.63, 3.8) is 0 Å². The monoisotopic (exact) mass is 249 g/mol. The molecule has 96 valence electrons. The number of rotatable bonds is 10. The molecule has 0 radical (unpaired) electrons. The smallest absolute Gasteiger partial charge is 0.322 e. The standard InChI is InChI=1S/C11H23NO3S/c1-3-15-11(13)10(12)6-9-16-8-5-4-7-14-2/h10H,3-9,12H2,1-2H3. The number of esters is 1. The van der Waals surface area contributed by atoms with Crippen LogP contribution >= 0.6 is 11.8 Å². The van der Waals surface area contributed by atoms with Crippen LogP contribution in [0.15, 0.2) is 0 Å². The molecule has 0 saturated heterocycles. The summed E-state index contributed by atoms with van der Waals surface area (Å²) in [6.07, 6.45) is 2.92. The van der Waals surface area contributed by atoms with Crippen molar-refractivity contribution < 1.29 is 14.3 Å².